The van der Waals surface area contributed by atoms with E-state index < -0.39 is 11.9 Å². The maximum atomic E-state index is 12.1. The molecule has 2 rings (SSSR count). The van der Waals surface area contributed by atoms with Gasteiger partial charge < -0.3 is 24.3 Å². The molecular weight excluding hydrogens is 409 g/mol. The highest BCUT2D eigenvalue weighted by atomic mass is 35.5. The number of methoxy groups -OCH3 is 2. The number of esters is 1. The quantitative estimate of drug-likeness (QED) is 0.487. The second-order valence-electron chi connectivity index (χ2n) is 5.40. The van der Waals surface area contributed by atoms with Gasteiger partial charge in [0.2, 0.25) is 0 Å². The van der Waals surface area contributed by atoms with Crippen LogP contribution in [0.15, 0.2) is 36.4 Å². The molecule has 0 fully saturated rings. The van der Waals surface area contributed by atoms with Gasteiger partial charge in [0, 0.05) is 10.6 Å². The summed E-state index contributed by atoms with van der Waals surface area (Å²) in [7, 11) is 2.97. The van der Waals surface area contributed by atoms with E-state index in [0.29, 0.717) is 32.9 Å². The monoisotopic (exact) mass is 427 g/mol. The van der Waals surface area contributed by atoms with Crippen molar-refractivity contribution in [3.8, 4) is 17.2 Å². The second kappa shape index (κ2) is 10.6. The van der Waals surface area contributed by atoms with Crippen molar-refractivity contribution in [3.63, 3.8) is 0 Å². The van der Waals surface area contributed by atoms with Crippen LogP contribution in [0.3, 0.4) is 0 Å². The minimum Gasteiger partial charge on any atom is -0.493 e. The Bertz CT molecular complexity index is 843. The van der Waals surface area contributed by atoms with E-state index in [4.69, 9.17) is 42.1 Å². The Morgan fingerprint density at radius 1 is 0.929 bits per heavy atom. The topological polar surface area (TPSA) is 83.1 Å². The van der Waals surface area contributed by atoms with Crippen LogP contribution in [0.4, 0.5) is 0 Å². The Balaban J connectivity index is 1.74. The third-order valence-corrected chi connectivity index (χ3v) is 4.07. The van der Waals surface area contributed by atoms with Gasteiger partial charge >= 0.3 is 5.97 Å². The molecule has 0 unspecified atom stereocenters. The molecule has 0 atom stereocenters. The van der Waals surface area contributed by atoms with E-state index in [-0.39, 0.29) is 19.8 Å². The summed E-state index contributed by atoms with van der Waals surface area (Å²) in [6.07, 6.45) is 0. The molecule has 0 saturated heterocycles. The van der Waals surface area contributed by atoms with Crippen molar-refractivity contribution in [1.82, 2.24) is 5.32 Å². The Labute approximate surface area is 172 Å². The molecule has 1 N–H and O–H groups in total. The lowest BCUT2D eigenvalue weighted by Gasteiger charge is -2.11. The highest BCUT2D eigenvalue weighted by molar-refractivity contribution is 6.35. The number of carbonyl (C=O) groups excluding carboxylic acids is 2. The first kappa shape index (κ1) is 21.7. The van der Waals surface area contributed by atoms with Crippen LogP contribution in [0, 0.1) is 0 Å². The second-order valence-corrected chi connectivity index (χ2v) is 6.24. The zero-order chi connectivity index (χ0) is 20.5. The average molecular weight is 428 g/mol. The van der Waals surface area contributed by atoms with Crippen molar-refractivity contribution < 1.29 is 28.5 Å². The van der Waals surface area contributed by atoms with Crippen molar-refractivity contribution in [3.05, 3.63) is 52.0 Å². The fourth-order valence-electron chi connectivity index (χ4n) is 2.18. The zero-order valence-electron chi connectivity index (χ0n) is 15.3. The molecule has 0 aliphatic rings. The van der Waals surface area contributed by atoms with Gasteiger partial charge in [-0.2, -0.15) is 0 Å². The minimum atomic E-state index is -0.598. The zero-order valence-corrected chi connectivity index (χ0v) is 16.8. The average Bonchev–Trinajstić information content (AvgIpc) is 2.70. The van der Waals surface area contributed by atoms with Crippen LogP contribution in [0.1, 0.15) is 10.4 Å². The smallest absolute Gasteiger partial charge is 0.325 e. The van der Waals surface area contributed by atoms with Gasteiger partial charge in [0.05, 0.1) is 19.2 Å². The SMILES string of the molecule is COc1ccc(C(=O)NCC(=O)OCCOc2ccc(Cl)cc2Cl)cc1OC. The highest BCUT2D eigenvalue weighted by Crippen LogP contribution is 2.28. The molecule has 2 aromatic carbocycles. The van der Waals surface area contributed by atoms with E-state index in [9.17, 15) is 9.59 Å². The summed E-state index contributed by atoms with van der Waals surface area (Å²) in [6, 6.07) is 9.49. The number of amides is 1. The number of hydrogen-bond donors (Lipinski definition) is 1. The van der Waals surface area contributed by atoms with Crippen LogP contribution in [-0.4, -0.2) is 45.9 Å². The van der Waals surface area contributed by atoms with Crippen molar-refractivity contribution >= 4 is 35.1 Å². The summed E-state index contributed by atoms with van der Waals surface area (Å²) in [5.74, 6) is 0.306. The fraction of sp³-hybridized carbons (Fsp3) is 0.263. The van der Waals surface area contributed by atoms with Gasteiger partial charge in [0.1, 0.15) is 25.5 Å². The van der Waals surface area contributed by atoms with Gasteiger partial charge in [0.15, 0.2) is 11.5 Å². The van der Waals surface area contributed by atoms with E-state index in [1.807, 2.05) is 0 Å². The summed E-state index contributed by atoms with van der Waals surface area (Å²) in [5, 5.41) is 3.33. The lowest BCUT2D eigenvalue weighted by Crippen LogP contribution is -2.31. The normalized spacial score (nSPS) is 10.1. The van der Waals surface area contributed by atoms with Crippen LogP contribution in [0.5, 0.6) is 17.2 Å². The third-order valence-electron chi connectivity index (χ3n) is 3.54. The first-order valence-electron chi connectivity index (χ1n) is 8.18. The van der Waals surface area contributed by atoms with Gasteiger partial charge in [0.25, 0.3) is 5.91 Å². The van der Waals surface area contributed by atoms with Gasteiger partial charge in [-0.25, -0.2) is 0 Å². The molecule has 2 aromatic rings. The number of nitrogens with one attached hydrogen (secondary N) is 1. The molecule has 1 amide bonds. The summed E-state index contributed by atoms with van der Waals surface area (Å²) in [6.45, 7) is -0.171. The Hall–Kier alpha value is -2.64. The highest BCUT2D eigenvalue weighted by Gasteiger charge is 2.12. The summed E-state index contributed by atoms with van der Waals surface area (Å²) in [4.78, 5) is 23.9. The van der Waals surface area contributed by atoms with Crippen LogP contribution in [-0.2, 0) is 9.53 Å². The largest absolute Gasteiger partial charge is 0.493 e. The minimum absolute atomic E-state index is 0.00399. The molecule has 0 aromatic heterocycles. The van der Waals surface area contributed by atoms with Crippen molar-refractivity contribution in [1.29, 1.82) is 0 Å². The summed E-state index contributed by atoms with van der Waals surface area (Å²) >= 11 is 11.8. The molecule has 0 saturated carbocycles. The summed E-state index contributed by atoms with van der Waals surface area (Å²) < 4.78 is 20.7. The Kier molecular flexibility index (Phi) is 8.22. The van der Waals surface area contributed by atoms with Gasteiger partial charge in [-0.1, -0.05) is 23.2 Å². The first-order chi connectivity index (χ1) is 13.4. The van der Waals surface area contributed by atoms with Crippen LogP contribution in [0.25, 0.3) is 0 Å². The first-order valence-corrected chi connectivity index (χ1v) is 8.94. The number of hydrogen-bond acceptors (Lipinski definition) is 6. The van der Waals surface area contributed by atoms with Crippen molar-refractivity contribution in [2.24, 2.45) is 0 Å². The molecule has 0 heterocycles. The third kappa shape index (κ3) is 6.21. The van der Waals surface area contributed by atoms with Gasteiger partial charge in [-0.05, 0) is 36.4 Å². The summed E-state index contributed by atoms with van der Waals surface area (Å²) in [5.41, 5.74) is 0.325. The predicted octanol–water partition coefficient (Wildman–Crippen LogP) is 3.36. The number of ether oxygens (including phenoxy) is 4. The molecule has 9 heteroatoms. The van der Waals surface area contributed by atoms with E-state index >= 15 is 0 Å². The molecular formula is C19H19Cl2NO6. The maximum Gasteiger partial charge on any atom is 0.325 e. The fourth-order valence-corrected chi connectivity index (χ4v) is 2.65. The maximum absolute atomic E-state index is 12.1. The van der Waals surface area contributed by atoms with E-state index in [2.05, 4.69) is 5.32 Å². The van der Waals surface area contributed by atoms with E-state index in [0.717, 1.165) is 0 Å². The molecule has 0 aliphatic heterocycles. The Morgan fingerprint density at radius 3 is 2.32 bits per heavy atom. The van der Waals surface area contributed by atoms with Gasteiger partial charge in [-0.15, -0.1) is 0 Å². The number of benzene rings is 2. The Morgan fingerprint density at radius 2 is 1.64 bits per heavy atom. The number of rotatable bonds is 9. The van der Waals surface area contributed by atoms with Crippen molar-refractivity contribution in [2.45, 2.75) is 0 Å². The molecule has 150 valence electrons. The van der Waals surface area contributed by atoms with E-state index in [1.54, 1.807) is 30.3 Å². The lowest BCUT2D eigenvalue weighted by atomic mass is 10.2. The van der Waals surface area contributed by atoms with Crippen LogP contribution < -0.4 is 19.5 Å². The number of carbonyl (C=O) groups is 2. The standard InChI is InChI=1S/C19H19Cl2NO6/c1-25-16-5-3-12(9-17(16)26-2)19(24)22-11-18(23)28-8-7-27-15-6-4-13(20)10-14(15)21/h3-6,9-10H,7-8,11H2,1-2H3,(H,22,24). The van der Waals surface area contributed by atoms with E-state index in [1.165, 1.54) is 20.3 Å². The number of halogens is 2. The molecule has 0 spiro atoms. The molecule has 0 aliphatic carbocycles. The lowest BCUT2D eigenvalue weighted by molar-refractivity contribution is -0.143. The molecule has 7 nitrogen and oxygen atoms in total. The van der Waals surface area contributed by atoms with Gasteiger partial charge in [-0.3, -0.25) is 9.59 Å². The molecule has 0 bridgehead atoms. The molecule has 28 heavy (non-hydrogen) atoms. The molecule has 0 radical (unpaired) electrons. The van der Waals surface area contributed by atoms with Crippen LogP contribution in [0.2, 0.25) is 10.0 Å². The van der Waals surface area contributed by atoms with Crippen LogP contribution >= 0.6 is 23.2 Å². The van der Waals surface area contributed by atoms with Crippen molar-refractivity contribution in [2.75, 3.05) is 34.0 Å². The predicted molar refractivity (Wildman–Crippen MR) is 105 cm³/mol.